The second-order valence-electron chi connectivity index (χ2n) is 7.91. The molecule has 0 saturated carbocycles. The Kier molecular flexibility index (Phi) is 10.1. The predicted octanol–water partition coefficient (Wildman–Crippen LogP) is 0.977. The molecule has 0 aromatic heterocycles. The van der Waals surface area contributed by atoms with E-state index < -0.39 is 42.5 Å². The Labute approximate surface area is 194 Å². The predicted molar refractivity (Wildman–Crippen MR) is 123 cm³/mol. The van der Waals surface area contributed by atoms with Gasteiger partial charge in [0.1, 0.15) is 35.9 Å². The molecule has 0 aliphatic rings. The number of aliphatic hydroxyl groups excluding tert-OH is 6. The van der Waals surface area contributed by atoms with Gasteiger partial charge in [-0.3, -0.25) is 0 Å². The highest BCUT2D eigenvalue weighted by molar-refractivity contribution is 5.46. The van der Waals surface area contributed by atoms with Crippen LogP contribution in [0.2, 0.25) is 0 Å². The minimum atomic E-state index is -1.92. The van der Waals surface area contributed by atoms with E-state index in [-0.39, 0.29) is 0 Å². The summed E-state index contributed by atoms with van der Waals surface area (Å²) in [6, 6.07) is 14.2. The van der Waals surface area contributed by atoms with Gasteiger partial charge in [0.15, 0.2) is 0 Å². The van der Waals surface area contributed by atoms with E-state index in [4.69, 9.17) is 14.6 Å². The van der Waals surface area contributed by atoms with Crippen molar-refractivity contribution in [2.45, 2.75) is 63.1 Å². The van der Waals surface area contributed by atoms with E-state index in [0.717, 1.165) is 0 Å². The van der Waals surface area contributed by atoms with Gasteiger partial charge < -0.3 is 40.1 Å². The minimum Gasteiger partial charge on any atom is -0.494 e. The average Bonchev–Trinajstić information content (AvgIpc) is 2.83. The second-order valence-corrected chi connectivity index (χ2v) is 7.91. The first-order valence-corrected chi connectivity index (χ1v) is 11.2. The van der Waals surface area contributed by atoms with E-state index in [9.17, 15) is 25.5 Å². The van der Waals surface area contributed by atoms with Crippen molar-refractivity contribution in [3.8, 4) is 11.5 Å². The van der Waals surface area contributed by atoms with Gasteiger partial charge in [-0.05, 0) is 55.7 Å². The van der Waals surface area contributed by atoms with Crippen molar-refractivity contribution < 1.29 is 40.1 Å². The lowest BCUT2D eigenvalue weighted by Crippen LogP contribution is -2.56. The van der Waals surface area contributed by atoms with Gasteiger partial charge in [0.2, 0.25) is 0 Å². The van der Waals surface area contributed by atoms with Crippen molar-refractivity contribution in [3.63, 3.8) is 0 Å². The highest BCUT2D eigenvalue weighted by atomic mass is 16.5. The summed E-state index contributed by atoms with van der Waals surface area (Å²) < 4.78 is 11.3. The zero-order chi connectivity index (χ0) is 24.6. The van der Waals surface area contributed by atoms with E-state index >= 15 is 0 Å². The first-order chi connectivity index (χ1) is 15.8. The van der Waals surface area contributed by atoms with E-state index in [1.807, 2.05) is 20.8 Å². The molecule has 0 bridgehead atoms. The molecule has 1 unspecified atom stereocenters. The summed E-state index contributed by atoms with van der Waals surface area (Å²) in [5.74, 6) is 1.15. The first-order valence-electron chi connectivity index (χ1n) is 11.2. The zero-order valence-corrected chi connectivity index (χ0v) is 19.3. The fourth-order valence-corrected chi connectivity index (χ4v) is 4.20. The molecule has 0 aliphatic carbocycles. The molecular weight excluding hydrogens is 428 g/mol. The number of benzene rings is 2. The Morgan fingerprint density at radius 3 is 1.61 bits per heavy atom. The number of rotatable bonds is 13. The molecule has 0 fully saturated rings. The molecule has 0 aliphatic heterocycles. The lowest BCUT2D eigenvalue weighted by atomic mass is 9.66. The number of aliphatic hydroxyl groups is 6. The first kappa shape index (κ1) is 27.0. The smallest absolute Gasteiger partial charge is 0.119 e. The van der Waals surface area contributed by atoms with Crippen LogP contribution in [0.4, 0.5) is 0 Å². The maximum Gasteiger partial charge on any atom is 0.119 e. The largest absolute Gasteiger partial charge is 0.494 e. The van der Waals surface area contributed by atoms with Gasteiger partial charge in [-0.1, -0.05) is 31.2 Å². The van der Waals surface area contributed by atoms with Crippen LogP contribution >= 0.6 is 0 Å². The lowest BCUT2D eigenvalue weighted by molar-refractivity contribution is -0.149. The van der Waals surface area contributed by atoms with E-state index in [2.05, 4.69) is 0 Å². The molecule has 8 nitrogen and oxygen atoms in total. The van der Waals surface area contributed by atoms with Crippen molar-refractivity contribution in [2.75, 3.05) is 19.8 Å². The SMILES string of the molecule is CCOc1cccc(C(CC)(c2cccc(OCC)c2)C(O)[C@@H](O)[C@@H](O)[C@H](O)[C@@H](O)CO)c1. The third kappa shape index (κ3) is 5.84. The molecule has 0 amide bonds. The fraction of sp³-hybridized carbons (Fsp3) is 0.520. The van der Waals surface area contributed by atoms with Crippen molar-refractivity contribution in [2.24, 2.45) is 0 Å². The molecule has 8 heteroatoms. The highest BCUT2D eigenvalue weighted by Gasteiger charge is 2.47. The van der Waals surface area contributed by atoms with E-state index in [1.54, 1.807) is 48.5 Å². The van der Waals surface area contributed by atoms with Gasteiger partial charge in [0.25, 0.3) is 0 Å². The molecule has 5 atom stereocenters. The highest BCUT2D eigenvalue weighted by Crippen LogP contribution is 2.43. The number of hydrogen-bond acceptors (Lipinski definition) is 8. The maximum atomic E-state index is 11.5. The Morgan fingerprint density at radius 1 is 0.727 bits per heavy atom. The van der Waals surface area contributed by atoms with Gasteiger partial charge >= 0.3 is 0 Å². The van der Waals surface area contributed by atoms with Crippen LogP contribution in [0.1, 0.15) is 38.3 Å². The maximum absolute atomic E-state index is 11.5. The zero-order valence-electron chi connectivity index (χ0n) is 19.3. The Bertz CT molecular complexity index is 808. The summed E-state index contributed by atoms with van der Waals surface area (Å²) in [7, 11) is 0. The molecule has 0 spiro atoms. The van der Waals surface area contributed by atoms with Crippen LogP contribution in [0, 0.1) is 0 Å². The van der Waals surface area contributed by atoms with E-state index in [0.29, 0.717) is 42.3 Å². The minimum absolute atomic E-state index is 0.307. The molecule has 33 heavy (non-hydrogen) atoms. The van der Waals surface area contributed by atoms with Crippen LogP contribution in [-0.4, -0.2) is 81.0 Å². The molecule has 2 aromatic carbocycles. The normalized spacial score (nSPS) is 16.5. The van der Waals surface area contributed by atoms with Crippen LogP contribution in [0.25, 0.3) is 0 Å². The average molecular weight is 465 g/mol. The van der Waals surface area contributed by atoms with Crippen LogP contribution < -0.4 is 9.47 Å². The third-order valence-corrected chi connectivity index (χ3v) is 5.99. The van der Waals surface area contributed by atoms with Gasteiger partial charge in [-0.15, -0.1) is 0 Å². The third-order valence-electron chi connectivity index (χ3n) is 5.99. The van der Waals surface area contributed by atoms with Crippen LogP contribution in [0.15, 0.2) is 48.5 Å². The Balaban J connectivity index is 2.65. The van der Waals surface area contributed by atoms with Crippen LogP contribution in [-0.2, 0) is 5.41 Å². The monoisotopic (exact) mass is 464 g/mol. The Hall–Kier alpha value is -2.20. The number of hydrogen-bond donors (Lipinski definition) is 6. The molecule has 0 radical (unpaired) electrons. The van der Waals surface area contributed by atoms with Gasteiger partial charge in [0.05, 0.1) is 25.9 Å². The summed E-state index contributed by atoms with van der Waals surface area (Å²) >= 11 is 0. The summed E-state index contributed by atoms with van der Waals surface area (Å²) in [6.45, 7) is 5.62. The molecule has 6 N–H and O–H groups in total. The van der Waals surface area contributed by atoms with Crippen molar-refractivity contribution in [1.29, 1.82) is 0 Å². The fourth-order valence-electron chi connectivity index (χ4n) is 4.20. The lowest BCUT2D eigenvalue weighted by Gasteiger charge is -2.42. The standard InChI is InChI=1S/C25H36O8/c1-4-25(16-9-7-11-18(13-16)32-5-2,17-10-8-12-19(14-17)33-6-3)24(31)23(30)22(29)21(28)20(27)15-26/h7-14,20-24,26-31H,4-6,15H2,1-3H3/t20-,21+,22-,23-,24?/m0/s1. The molecule has 2 aromatic rings. The summed E-state index contributed by atoms with van der Waals surface area (Å²) in [5.41, 5.74) is 0.0194. The molecule has 184 valence electrons. The van der Waals surface area contributed by atoms with Crippen LogP contribution in [0.5, 0.6) is 11.5 Å². The van der Waals surface area contributed by atoms with Gasteiger partial charge in [0, 0.05) is 5.41 Å². The van der Waals surface area contributed by atoms with Crippen molar-refractivity contribution in [1.82, 2.24) is 0 Å². The quantitative estimate of drug-likeness (QED) is 0.258. The topological polar surface area (TPSA) is 140 Å². The van der Waals surface area contributed by atoms with E-state index in [1.165, 1.54) is 0 Å². The molecule has 2 rings (SSSR count). The molecule has 0 heterocycles. The van der Waals surface area contributed by atoms with Crippen molar-refractivity contribution >= 4 is 0 Å². The Morgan fingerprint density at radius 2 is 1.21 bits per heavy atom. The summed E-state index contributed by atoms with van der Waals surface area (Å²) in [4.78, 5) is 0. The van der Waals surface area contributed by atoms with Crippen LogP contribution in [0.3, 0.4) is 0 Å². The summed E-state index contributed by atoms with van der Waals surface area (Å²) in [6.07, 6.45) is -8.61. The second kappa shape index (κ2) is 12.3. The molecular formula is C25H36O8. The van der Waals surface area contributed by atoms with Gasteiger partial charge in [-0.25, -0.2) is 0 Å². The summed E-state index contributed by atoms with van der Waals surface area (Å²) in [5, 5.41) is 61.9. The van der Waals surface area contributed by atoms with Gasteiger partial charge in [-0.2, -0.15) is 0 Å². The molecule has 0 saturated heterocycles. The van der Waals surface area contributed by atoms with Crippen molar-refractivity contribution in [3.05, 3.63) is 59.7 Å². The number of ether oxygens (including phenoxy) is 2.